The Balaban J connectivity index is 2.62. The van der Waals surface area contributed by atoms with Crippen molar-refractivity contribution < 1.29 is 4.74 Å². The molecule has 2 rings (SSSR count). The van der Waals surface area contributed by atoms with Gasteiger partial charge in [0.05, 0.1) is 24.2 Å². The van der Waals surface area contributed by atoms with E-state index in [9.17, 15) is 4.79 Å². The molecular weight excluding hydrogens is 192 g/mol. The molecule has 0 amide bonds. The SMILES string of the molecule is COCCn1c(=O)n(C)c2ccccc21. The lowest BCUT2D eigenvalue weighted by molar-refractivity contribution is 0.187. The summed E-state index contributed by atoms with van der Waals surface area (Å²) >= 11 is 0. The number of benzene rings is 1. The topological polar surface area (TPSA) is 36.2 Å². The van der Waals surface area contributed by atoms with E-state index in [0.29, 0.717) is 13.2 Å². The number of rotatable bonds is 3. The molecule has 80 valence electrons. The maximum Gasteiger partial charge on any atom is 0.328 e. The fourth-order valence-electron chi connectivity index (χ4n) is 1.76. The summed E-state index contributed by atoms with van der Waals surface area (Å²) in [6.07, 6.45) is 0. The van der Waals surface area contributed by atoms with Crippen molar-refractivity contribution in [2.45, 2.75) is 6.54 Å². The molecule has 0 atom stereocenters. The minimum atomic E-state index is 0.00764. The Labute approximate surface area is 87.7 Å². The van der Waals surface area contributed by atoms with Gasteiger partial charge < -0.3 is 4.74 Å². The Kier molecular flexibility index (Phi) is 2.60. The molecule has 0 saturated carbocycles. The van der Waals surface area contributed by atoms with Gasteiger partial charge in [-0.3, -0.25) is 9.13 Å². The van der Waals surface area contributed by atoms with Crippen molar-refractivity contribution in [3.63, 3.8) is 0 Å². The quantitative estimate of drug-likeness (QED) is 0.750. The van der Waals surface area contributed by atoms with E-state index in [1.807, 2.05) is 24.3 Å². The lowest BCUT2D eigenvalue weighted by atomic mass is 10.3. The van der Waals surface area contributed by atoms with E-state index in [1.54, 1.807) is 23.3 Å². The second kappa shape index (κ2) is 3.90. The Morgan fingerprint density at radius 1 is 1.27 bits per heavy atom. The summed E-state index contributed by atoms with van der Waals surface area (Å²) in [4.78, 5) is 11.9. The third-order valence-electron chi connectivity index (χ3n) is 2.57. The summed E-state index contributed by atoms with van der Waals surface area (Å²) in [7, 11) is 3.42. The smallest absolute Gasteiger partial charge is 0.328 e. The van der Waals surface area contributed by atoms with Gasteiger partial charge in [0.25, 0.3) is 0 Å². The van der Waals surface area contributed by atoms with Crippen LogP contribution in [0.15, 0.2) is 29.1 Å². The third-order valence-corrected chi connectivity index (χ3v) is 2.57. The van der Waals surface area contributed by atoms with Crippen LogP contribution < -0.4 is 5.69 Å². The fraction of sp³-hybridized carbons (Fsp3) is 0.364. The highest BCUT2D eigenvalue weighted by Gasteiger charge is 2.08. The number of para-hydroxylation sites is 2. The number of aromatic nitrogens is 2. The van der Waals surface area contributed by atoms with Crippen molar-refractivity contribution in [3.8, 4) is 0 Å². The van der Waals surface area contributed by atoms with Gasteiger partial charge in [0.15, 0.2) is 0 Å². The van der Waals surface area contributed by atoms with Gasteiger partial charge in [-0.15, -0.1) is 0 Å². The maximum atomic E-state index is 11.9. The first kappa shape index (κ1) is 9.98. The second-order valence-corrected chi connectivity index (χ2v) is 3.47. The summed E-state index contributed by atoms with van der Waals surface area (Å²) in [5.41, 5.74) is 1.92. The third kappa shape index (κ3) is 1.57. The molecule has 0 N–H and O–H groups in total. The highest BCUT2D eigenvalue weighted by atomic mass is 16.5. The van der Waals surface area contributed by atoms with Crippen LogP contribution in [0.1, 0.15) is 0 Å². The average Bonchev–Trinajstić information content (AvgIpc) is 2.51. The van der Waals surface area contributed by atoms with Crippen LogP contribution in [0.5, 0.6) is 0 Å². The lowest BCUT2D eigenvalue weighted by Crippen LogP contribution is -2.23. The fourth-order valence-corrected chi connectivity index (χ4v) is 1.76. The van der Waals surface area contributed by atoms with Crippen molar-refractivity contribution in [3.05, 3.63) is 34.7 Å². The van der Waals surface area contributed by atoms with Crippen LogP contribution in [-0.4, -0.2) is 22.9 Å². The first-order valence-electron chi connectivity index (χ1n) is 4.89. The molecule has 4 nitrogen and oxygen atoms in total. The van der Waals surface area contributed by atoms with E-state index in [-0.39, 0.29) is 5.69 Å². The molecule has 0 aliphatic heterocycles. The van der Waals surface area contributed by atoms with Gasteiger partial charge in [0.1, 0.15) is 0 Å². The Morgan fingerprint density at radius 2 is 1.93 bits per heavy atom. The molecule has 0 bridgehead atoms. The van der Waals surface area contributed by atoms with Crippen LogP contribution in [0.3, 0.4) is 0 Å². The number of methoxy groups -OCH3 is 1. The van der Waals surface area contributed by atoms with Crippen LogP contribution in [-0.2, 0) is 18.3 Å². The predicted octanol–water partition coefficient (Wildman–Crippen LogP) is 0.986. The zero-order valence-electron chi connectivity index (χ0n) is 8.93. The first-order valence-corrected chi connectivity index (χ1v) is 4.89. The van der Waals surface area contributed by atoms with Crippen molar-refractivity contribution in [1.29, 1.82) is 0 Å². The van der Waals surface area contributed by atoms with Gasteiger partial charge in [-0.05, 0) is 12.1 Å². The summed E-state index contributed by atoms with van der Waals surface area (Å²) < 4.78 is 8.38. The molecule has 15 heavy (non-hydrogen) atoms. The number of imidazole rings is 1. The number of hydrogen-bond donors (Lipinski definition) is 0. The van der Waals surface area contributed by atoms with Crippen molar-refractivity contribution >= 4 is 11.0 Å². The average molecular weight is 206 g/mol. The van der Waals surface area contributed by atoms with Crippen LogP contribution >= 0.6 is 0 Å². The first-order chi connectivity index (χ1) is 7.25. The number of ether oxygens (including phenoxy) is 1. The monoisotopic (exact) mass is 206 g/mol. The number of hydrogen-bond acceptors (Lipinski definition) is 2. The van der Waals surface area contributed by atoms with Crippen molar-refractivity contribution in [2.75, 3.05) is 13.7 Å². The van der Waals surface area contributed by atoms with Crippen molar-refractivity contribution in [1.82, 2.24) is 9.13 Å². The molecule has 0 spiro atoms. The largest absolute Gasteiger partial charge is 0.383 e. The number of aryl methyl sites for hydroxylation is 1. The van der Waals surface area contributed by atoms with E-state index in [4.69, 9.17) is 4.74 Å². The molecule has 0 unspecified atom stereocenters. The van der Waals surface area contributed by atoms with Gasteiger partial charge in [-0.1, -0.05) is 12.1 Å². The van der Waals surface area contributed by atoms with Gasteiger partial charge in [-0.2, -0.15) is 0 Å². The number of nitrogens with zero attached hydrogens (tertiary/aromatic N) is 2. The summed E-state index contributed by atoms with van der Waals surface area (Å²) in [5.74, 6) is 0. The van der Waals surface area contributed by atoms with Crippen LogP contribution in [0, 0.1) is 0 Å². The Morgan fingerprint density at radius 3 is 2.60 bits per heavy atom. The van der Waals surface area contributed by atoms with E-state index in [2.05, 4.69) is 0 Å². The van der Waals surface area contributed by atoms with Gasteiger partial charge >= 0.3 is 5.69 Å². The molecule has 0 fully saturated rings. The molecule has 1 aromatic heterocycles. The number of fused-ring (bicyclic) bond motifs is 1. The predicted molar refractivity (Wildman–Crippen MR) is 59.1 cm³/mol. The molecule has 0 aliphatic carbocycles. The van der Waals surface area contributed by atoms with Gasteiger partial charge in [0.2, 0.25) is 0 Å². The molecule has 0 radical (unpaired) electrons. The highest BCUT2D eigenvalue weighted by molar-refractivity contribution is 5.75. The summed E-state index contributed by atoms with van der Waals surface area (Å²) in [6.45, 7) is 1.14. The minimum Gasteiger partial charge on any atom is -0.383 e. The molecule has 4 heteroatoms. The highest BCUT2D eigenvalue weighted by Crippen LogP contribution is 2.10. The van der Waals surface area contributed by atoms with Crippen LogP contribution in [0.25, 0.3) is 11.0 Å². The molecule has 2 aromatic rings. The van der Waals surface area contributed by atoms with Crippen molar-refractivity contribution in [2.24, 2.45) is 7.05 Å². The standard InChI is InChI=1S/C11H14N2O2/c1-12-9-5-3-4-6-10(9)13(11(12)14)7-8-15-2/h3-6H,7-8H2,1-2H3. The molecular formula is C11H14N2O2. The maximum absolute atomic E-state index is 11.9. The van der Waals surface area contributed by atoms with Gasteiger partial charge in [-0.25, -0.2) is 4.79 Å². The molecule has 1 aromatic carbocycles. The zero-order valence-corrected chi connectivity index (χ0v) is 8.93. The van der Waals surface area contributed by atoms with Crippen LogP contribution in [0.4, 0.5) is 0 Å². The van der Waals surface area contributed by atoms with Gasteiger partial charge in [0, 0.05) is 14.2 Å². The minimum absolute atomic E-state index is 0.00764. The molecule has 0 aliphatic rings. The van der Waals surface area contributed by atoms with E-state index in [0.717, 1.165) is 11.0 Å². The summed E-state index contributed by atoms with van der Waals surface area (Å²) in [5, 5.41) is 0. The lowest BCUT2D eigenvalue weighted by Gasteiger charge is -2.00. The Bertz CT molecular complexity index is 525. The van der Waals surface area contributed by atoms with Crippen LogP contribution in [0.2, 0.25) is 0 Å². The van der Waals surface area contributed by atoms with E-state index >= 15 is 0 Å². The van der Waals surface area contributed by atoms with E-state index < -0.39 is 0 Å². The second-order valence-electron chi connectivity index (χ2n) is 3.47. The molecule has 0 saturated heterocycles. The normalized spacial score (nSPS) is 11.1. The zero-order chi connectivity index (χ0) is 10.8. The molecule has 1 heterocycles. The summed E-state index contributed by atoms with van der Waals surface area (Å²) in [6, 6.07) is 7.76. The Hall–Kier alpha value is -1.55. The van der Waals surface area contributed by atoms with E-state index in [1.165, 1.54) is 0 Å².